The number of hydrogen-bond acceptors (Lipinski definition) is 3. The lowest BCUT2D eigenvalue weighted by atomic mass is 10.1. The molecule has 4 nitrogen and oxygen atoms in total. The van der Waals surface area contributed by atoms with Gasteiger partial charge >= 0.3 is 0 Å². The monoisotopic (exact) mass is 346 g/mol. The van der Waals surface area contributed by atoms with Crippen LogP contribution in [0.2, 0.25) is 0 Å². The van der Waals surface area contributed by atoms with Gasteiger partial charge in [-0.05, 0) is 42.7 Å². The van der Waals surface area contributed by atoms with E-state index in [-0.39, 0.29) is 11.9 Å². The third-order valence-electron chi connectivity index (χ3n) is 5.05. The first-order valence-electron chi connectivity index (χ1n) is 9.17. The smallest absolute Gasteiger partial charge is 0.247 e. The fraction of sp³-hybridized carbons (Fsp3) is 0.273. The number of carbonyl (C=O) groups excluding carboxylic acids is 1. The molecule has 1 aliphatic heterocycles. The fourth-order valence-corrected chi connectivity index (χ4v) is 3.77. The lowest BCUT2D eigenvalue weighted by Crippen LogP contribution is -2.28. The second-order valence-electron chi connectivity index (χ2n) is 6.59. The van der Waals surface area contributed by atoms with Crippen molar-refractivity contribution in [3.8, 4) is 0 Å². The van der Waals surface area contributed by atoms with Crippen LogP contribution in [0.25, 0.3) is 17.0 Å². The first-order valence-corrected chi connectivity index (χ1v) is 9.17. The molecule has 1 aliphatic rings. The summed E-state index contributed by atoms with van der Waals surface area (Å²) in [6.07, 6.45) is 10.0. The minimum absolute atomic E-state index is 0.0525. The van der Waals surface area contributed by atoms with E-state index in [4.69, 9.17) is 4.42 Å². The largest absolute Gasteiger partial charge is 0.460 e. The van der Waals surface area contributed by atoms with Crippen LogP contribution in [0, 0.1) is 0 Å². The zero-order valence-electron chi connectivity index (χ0n) is 14.9. The topological polar surface area (TPSA) is 46.3 Å². The molecular formula is C22H22N2O2. The van der Waals surface area contributed by atoms with E-state index in [1.54, 1.807) is 18.5 Å². The molecule has 0 N–H and O–H groups in total. The van der Waals surface area contributed by atoms with E-state index in [1.807, 2.05) is 47.4 Å². The Labute approximate surface area is 153 Å². The summed E-state index contributed by atoms with van der Waals surface area (Å²) in [6.45, 7) is 2.86. The van der Waals surface area contributed by atoms with Crippen molar-refractivity contribution in [3.63, 3.8) is 0 Å². The highest BCUT2D eigenvalue weighted by Gasteiger charge is 2.28. The number of nitrogens with zero attached hydrogens (tertiary/aromatic N) is 2. The van der Waals surface area contributed by atoms with Gasteiger partial charge in [0.05, 0.1) is 6.04 Å². The summed E-state index contributed by atoms with van der Waals surface area (Å²) >= 11 is 0. The third kappa shape index (κ3) is 3.03. The van der Waals surface area contributed by atoms with Crippen LogP contribution < -0.4 is 0 Å². The van der Waals surface area contributed by atoms with Gasteiger partial charge in [0.15, 0.2) is 0 Å². The molecule has 3 aromatic rings. The summed E-state index contributed by atoms with van der Waals surface area (Å²) in [4.78, 5) is 18.9. The number of pyridine rings is 1. The SMILES string of the molecule is CCc1oc2ccccc2c1/C=C\C(=O)N1CCC[C@@H]1c1ccncc1. The highest BCUT2D eigenvalue weighted by Crippen LogP contribution is 2.32. The van der Waals surface area contributed by atoms with E-state index < -0.39 is 0 Å². The number of furan rings is 1. The molecule has 3 heterocycles. The molecule has 1 amide bonds. The van der Waals surface area contributed by atoms with Crippen LogP contribution >= 0.6 is 0 Å². The maximum Gasteiger partial charge on any atom is 0.247 e. The van der Waals surface area contributed by atoms with Crippen LogP contribution in [0.5, 0.6) is 0 Å². The molecule has 4 heteroatoms. The Balaban J connectivity index is 1.60. The van der Waals surface area contributed by atoms with Crippen molar-refractivity contribution in [3.05, 3.63) is 71.8 Å². The first-order chi connectivity index (χ1) is 12.8. The Morgan fingerprint density at radius 1 is 1.27 bits per heavy atom. The molecule has 132 valence electrons. The Morgan fingerprint density at radius 3 is 2.88 bits per heavy atom. The molecule has 2 aromatic heterocycles. The number of aryl methyl sites for hydroxylation is 1. The van der Waals surface area contributed by atoms with Gasteiger partial charge in [-0.25, -0.2) is 0 Å². The van der Waals surface area contributed by atoms with Crippen LogP contribution in [-0.4, -0.2) is 22.3 Å². The quantitative estimate of drug-likeness (QED) is 0.640. The van der Waals surface area contributed by atoms with E-state index in [1.165, 1.54) is 0 Å². The van der Waals surface area contributed by atoms with Crippen molar-refractivity contribution < 1.29 is 9.21 Å². The van der Waals surface area contributed by atoms with Crippen molar-refractivity contribution in [2.45, 2.75) is 32.2 Å². The second kappa shape index (κ2) is 7.16. The Morgan fingerprint density at radius 2 is 2.08 bits per heavy atom. The maximum atomic E-state index is 12.9. The third-order valence-corrected chi connectivity index (χ3v) is 5.05. The zero-order chi connectivity index (χ0) is 17.9. The number of amides is 1. The molecule has 0 unspecified atom stereocenters. The van der Waals surface area contributed by atoms with E-state index in [2.05, 4.69) is 11.9 Å². The van der Waals surface area contributed by atoms with Crippen LogP contribution in [0.1, 0.15) is 42.7 Å². The van der Waals surface area contributed by atoms with Crippen molar-refractivity contribution in [1.82, 2.24) is 9.88 Å². The number of rotatable bonds is 4. The van der Waals surface area contributed by atoms with Gasteiger partial charge in [0.25, 0.3) is 0 Å². The van der Waals surface area contributed by atoms with Gasteiger partial charge in [-0.3, -0.25) is 9.78 Å². The predicted octanol–water partition coefficient (Wildman–Crippen LogP) is 4.77. The number of fused-ring (bicyclic) bond motifs is 1. The van der Waals surface area contributed by atoms with Crippen molar-refractivity contribution in [2.75, 3.05) is 6.54 Å². The van der Waals surface area contributed by atoms with E-state index >= 15 is 0 Å². The van der Waals surface area contributed by atoms with Gasteiger partial charge in [-0.1, -0.05) is 25.1 Å². The summed E-state index contributed by atoms with van der Waals surface area (Å²) in [5.41, 5.74) is 3.03. The maximum absolute atomic E-state index is 12.9. The van der Waals surface area contributed by atoms with Gasteiger partial charge in [-0.2, -0.15) is 0 Å². The van der Waals surface area contributed by atoms with Gasteiger partial charge in [0.1, 0.15) is 11.3 Å². The number of likely N-dealkylation sites (tertiary alicyclic amines) is 1. The molecule has 0 saturated carbocycles. The van der Waals surface area contributed by atoms with E-state index in [9.17, 15) is 4.79 Å². The molecular weight excluding hydrogens is 324 g/mol. The van der Waals surface area contributed by atoms with Crippen LogP contribution in [0.3, 0.4) is 0 Å². The predicted molar refractivity (Wildman–Crippen MR) is 103 cm³/mol. The highest BCUT2D eigenvalue weighted by atomic mass is 16.3. The molecule has 0 spiro atoms. The lowest BCUT2D eigenvalue weighted by molar-refractivity contribution is -0.126. The molecule has 26 heavy (non-hydrogen) atoms. The highest BCUT2D eigenvalue weighted by molar-refractivity contribution is 5.96. The molecule has 1 fully saturated rings. The van der Waals surface area contributed by atoms with Crippen molar-refractivity contribution >= 4 is 23.0 Å². The lowest BCUT2D eigenvalue weighted by Gasteiger charge is -2.23. The summed E-state index contributed by atoms with van der Waals surface area (Å²) in [6, 6.07) is 12.1. The Kier molecular flexibility index (Phi) is 4.57. The van der Waals surface area contributed by atoms with Crippen LogP contribution in [-0.2, 0) is 11.2 Å². The summed E-state index contributed by atoms with van der Waals surface area (Å²) in [7, 11) is 0. The Hall–Kier alpha value is -2.88. The molecule has 0 bridgehead atoms. The molecule has 4 rings (SSSR count). The second-order valence-corrected chi connectivity index (χ2v) is 6.59. The molecule has 1 aromatic carbocycles. The molecule has 1 atom stereocenters. The zero-order valence-corrected chi connectivity index (χ0v) is 14.9. The summed E-state index contributed by atoms with van der Waals surface area (Å²) in [5, 5.41) is 1.06. The minimum atomic E-state index is 0.0525. The first kappa shape index (κ1) is 16.6. The fourth-order valence-electron chi connectivity index (χ4n) is 3.77. The van der Waals surface area contributed by atoms with Crippen molar-refractivity contribution in [2.24, 2.45) is 0 Å². The number of carbonyl (C=O) groups is 1. The summed E-state index contributed by atoms with van der Waals surface area (Å²) < 4.78 is 5.91. The molecule has 0 aliphatic carbocycles. The number of benzene rings is 1. The number of hydrogen-bond donors (Lipinski definition) is 0. The normalized spacial score (nSPS) is 17.4. The van der Waals surface area contributed by atoms with Crippen LogP contribution in [0.4, 0.5) is 0 Å². The van der Waals surface area contributed by atoms with Gasteiger partial charge in [0, 0.05) is 42.4 Å². The van der Waals surface area contributed by atoms with Gasteiger partial charge in [0.2, 0.25) is 5.91 Å². The average molecular weight is 346 g/mol. The molecule has 0 radical (unpaired) electrons. The minimum Gasteiger partial charge on any atom is -0.460 e. The Bertz CT molecular complexity index is 943. The standard InChI is InChI=1S/C22H22N2O2/c1-2-20-18(17-6-3-4-8-21(17)26-20)9-10-22(25)24-15-5-7-19(24)16-11-13-23-14-12-16/h3-4,6,8-14,19H,2,5,7,15H2,1H3/b10-9-/t19-/m1/s1. The van der Waals surface area contributed by atoms with Crippen LogP contribution in [0.15, 0.2) is 59.3 Å². The average Bonchev–Trinajstić information content (AvgIpc) is 3.31. The number of aromatic nitrogens is 1. The van der Waals surface area contributed by atoms with Gasteiger partial charge in [-0.15, -0.1) is 0 Å². The van der Waals surface area contributed by atoms with E-state index in [0.717, 1.165) is 53.7 Å². The van der Waals surface area contributed by atoms with Crippen molar-refractivity contribution in [1.29, 1.82) is 0 Å². The van der Waals surface area contributed by atoms with Gasteiger partial charge < -0.3 is 9.32 Å². The van der Waals surface area contributed by atoms with E-state index in [0.29, 0.717) is 0 Å². The molecule has 1 saturated heterocycles. The number of para-hydroxylation sites is 1. The summed E-state index contributed by atoms with van der Waals surface area (Å²) in [5.74, 6) is 0.971.